The van der Waals surface area contributed by atoms with Crippen LogP contribution < -0.4 is 37.5 Å². The Labute approximate surface area is 364 Å². The fraction of sp³-hybridized carbons (Fsp3) is 0.364. The first kappa shape index (κ1) is 44.8. The normalized spacial score (nSPS) is 20.2. The minimum atomic E-state index is -1.54. The van der Waals surface area contributed by atoms with E-state index in [0.29, 0.717) is 23.1 Å². The highest BCUT2D eigenvalue weighted by Gasteiger charge is 2.39. The van der Waals surface area contributed by atoms with E-state index in [1.165, 1.54) is 29.4 Å². The van der Waals surface area contributed by atoms with Gasteiger partial charge in [0.05, 0.1) is 14.2 Å². The standard InChI is InChI=1S/C44H47FN6O11S/c1-26-22-51(43(56)48-40(26)53)36-21-32(45)34(61-36)23-59-38(52)18-17-33(46)41(54)60-24-39-62-37(25-63-39)50-20-19-35(47-42(50)55)49-44(27-7-5-4-6-8-27,28-9-13-30(57-2)14-10-28)29-11-15-31(58-3)16-12-29/h4-16,19-20,22,32-34,36-37,39H,17-18,21,23-25,46H2,1-3H3,(H,47,49,55)(H,48,53,56)/t32-,33-,34+,36+,37-,39+/m0/s1. The summed E-state index contributed by atoms with van der Waals surface area (Å²) in [6.45, 7) is 0.907. The summed E-state index contributed by atoms with van der Waals surface area (Å²) in [4.78, 5) is 69.2. The van der Waals surface area contributed by atoms with Crippen LogP contribution >= 0.6 is 11.8 Å². The molecule has 63 heavy (non-hydrogen) atoms. The molecule has 2 saturated heterocycles. The molecule has 0 unspecified atom stereocenters. The number of nitrogens with two attached hydrogens (primary N) is 1. The fourth-order valence-corrected chi connectivity index (χ4v) is 8.35. The molecular formula is C44H47FN6O11S. The van der Waals surface area contributed by atoms with Gasteiger partial charge in [0.25, 0.3) is 5.56 Å². The largest absolute Gasteiger partial charge is 0.497 e. The number of anilines is 1. The maximum absolute atomic E-state index is 14.7. The number of ether oxygens (including phenoxy) is 6. The lowest BCUT2D eigenvalue weighted by Crippen LogP contribution is -2.39. The number of aryl methyl sites for hydroxylation is 1. The third kappa shape index (κ3) is 10.2. The molecule has 2 aliphatic rings. The van der Waals surface area contributed by atoms with Crippen molar-refractivity contribution in [1.29, 1.82) is 0 Å². The first-order chi connectivity index (χ1) is 30.4. The Hall–Kier alpha value is -6.28. The van der Waals surface area contributed by atoms with Crippen LogP contribution in [0.2, 0.25) is 0 Å². The van der Waals surface area contributed by atoms with E-state index in [2.05, 4.69) is 15.3 Å². The molecule has 17 nitrogen and oxygen atoms in total. The van der Waals surface area contributed by atoms with Crippen molar-refractivity contribution in [2.24, 2.45) is 5.73 Å². The molecule has 332 valence electrons. The van der Waals surface area contributed by atoms with Gasteiger partial charge in [0.1, 0.15) is 72.3 Å². The smallest absolute Gasteiger partial charge is 0.351 e. The Kier molecular flexibility index (Phi) is 14.1. The van der Waals surface area contributed by atoms with Crippen LogP contribution in [0.3, 0.4) is 0 Å². The summed E-state index contributed by atoms with van der Waals surface area (Å²) in [5.74, 6) is 0.535. The number of thioether (sulfide) groups is 1. The maximum atomic E-state index is 14.7. The molecule has 5 aromatic rings. The van der Waals surface area contributed by atoms with Crippen molar-refractivity contribution in [1.82, 2.24) is 19.1 Å². The monoisotopic (exact) mass is 886 g/mol. The van der Waals surface area contributed by atoms with E-state index >= 15 is 0 Å². The Morgan fingerprint density at radius 1 is 0.905 bits per heavy atom. The lowest BCUT2D eigenvalue weighted by Gasteiger charge is -2.37. The first-order valence-electron chi connectivity index (χ1n) is 20.1. The number of H-pyrrole nitrogens is 1. The number of alkyl halides is 1. The van der Waals surface area contributed by atoms with Crippen molar-refractivity contribution < 1.29 is 42.4 Å². The number of benzene rings is 3. The van der Waals surface area contributed by atoms with E-state index in [-0.39, 0.29) is 31.4 Å². The van der Waals surface area contributed by atoms with Crippen LogP contribution in [0.25, 0.3) is 0 Å². The van der Waals surface area contributed by atoms with E-state index < -0.39 is 77.2 Å². The van der Waals surface area contributed by atoms with Crippen LogP contribution in [0.4, 0.5) is 10.2 Å². The number of carbonyl (C=O) groups is 2. The van der Waals surface area contributed by atoms with Crippen LogP contribution in [0, 0.1) is 6.92 Å². The van der Waals surface area contributed by atoms with E-state index in [1.54, 1.807) is 26.5 Å². The van der Waals surface area contributed by atoms with Crippen molar-refractivity contribution in [2.75, 3.05) is 38.5 Å². The van der Waals surface area contributed by atoms with Gasteiger partial charge in [-0.1, -0.05) is 54.6 Å². The molecule has 7 rings (SSSR count). The Morgan fingerprint density at radius 2 is 1.56 bits per heavy atom. The minimum Gasteiger partial charge on any atom is -0.497 e. The van der Waals surface area contributed by atoms with Crippen LogP contribution in [0.1, 0.15) is 54.0 Å². The van der Waals surface area contributed by atoms with Gasteiger partial charge in [0.2, 0.25) is 0 Å². The molecule has 4 heterocycles. The predicted molar refractivity (Wildman–Crippen MR) is 229 cm³/mol. The maximum Gasteiger partial charge on any atom is 0.351 e. The number of aromatic amines is 1. The van der Waals surface area contributed by atoms with Crippen molar-refractivity contribution in [2.45, 2.75) is 67.9 Å². The number of carbonyl (C=O) groups excluding carboxylic acids is 2. The average molecular weight is 887 g/mol. The zero-order valence-corrected chi connectivity index (χ0v) is 35.5. The molecule has 3 aromatic carbocycles. The van der Waals surface area contributed by atoms with Crippen LogP contribution in [0.5, 0.6) is 11.5 Å². The quantitative estimate of drug-likeness (QED) is 0.0891. The van der Waals surface area contributed by atoms with Gasteiger partial charge in [-0.25, -0.2) is 14.0 Å². The number of halogens is 1. The second-order valence-corrected chi connectivity index (χ2v) is 16.1. The number of aromatic nitrogens is 4. The third-order valence-corrected chi connectivity index (χ3v) is 11.9. The number of hydrogen-bond acceptors (Lipinski definition) is 15. The molecular weight excluding hydrogens is 840 g/mol. The Balaban J connectivity index is 0.927. The molecule has 0 radical (unpaired) electrons. The van der Waals surface area contributed by atoms with Crippen LogP contribution in [-0.4, -0.2) is 88.0 Å². The predicted octanol–water partition coefficient (Wildman–Crippen LogP) is 3.93. The molecule has 2 fully saturated rings. The van der Waals surface area contributed by atoms with E-state index in [1.807, 2.05) is 78.9 Å². The van der Waals surface area contributed by atoms with Crippen molar-refractivity contribution in [3.8, 4) is 11.5 Å². The highest BCUT2D eigenvalue weighted by molar-refractivity contribution is 8.00. The van der Waals surface area contributed by atoms with E-state index in [4.69, 9.17) is 34.2 Å². The summed E-state index contributed by atoms with van der Waals surface area (Å²) in [6.07, 6.45) is -2.04. The van der Waals surface area contributed by atoms with Crippen molar-refractivity contribution in [3.05, 3.63) is 151 Å². The lowest BCUT2D eigenvalue weighted by molar-refractivity contribution is -0.151. The van der Waals surface area contributed by atoms with Crippen LogP contribution in [0.15, 0.2) is 112 Å². The topological polar surface area (TPSA) is 217 Å². The summed E-state index contributed by atoms with van der Waals surface area (Å²) >= 11 is 1.34. The van der Waals surface area contributed by atoms with Gasteiger partial charge in [-0.2, -0.15) is 4.98 Å². The summed E-state index contributed by atoms with van der Waals surface area (Å²) in [7, 11) is 3.20. The molecule has 19 heteroatoms. The molecule has 6 atom stereocenters. The Morgan fingerprint density at radius 3 is 2.19 bits per heavy atom. The SMILES string of the molecule is COc1ccc(C(Nc2ccn([C@@H]3CS[C@H](COC(=O)[C@@H](N)CCC(=O)OC[C@H]4O[C@@H](n5cc(C)c(=O)[nH]c5=O)C[C@@H]4F)O3)c(=O)n2)(c2ccccc2)c2ccc(OC)cc2)cc1. The zero-order chi connectivity index (χ0) is 44.7. The van der Waals surface area contributed by atoms with Gasteiger partial charge in [-0.15, -0.1) is 11.8 Å². The third-order valence-electron chi connectivity index (χ3n) is 10.8. The van der Waals surface area contributed by atoms with Crippen molar-refractivity contribution in [3.63, 3.8) is 0 Å². The van der Waals surface area contributed by atoms with E-state index in [9.17, 15) is 28.4 Å². The van der Waals surface area contributed by atoms with Gasteiger partial charge in [0, 0.05) is 36.6 Å². The molecule has 0 saturated carbocycles. The average Bonchev–Trinajstić information content (AvgIpc) is 3.93. The van der Waals surface area contributed by atoms with Crippen LogP contribution in [-0.2, 0) is 34.1 Å². The van der Waals surface area contributed by atoms with Crippen molar-refractivity contribution >= 4 is 29.5 Å². The highest BCUT2D eigenvalue weighted by atomic mass is 32.2. The number of methoxy groups -OCH3 is 2. The number of nitrogens with one attached hydrogen (secondary N) is 2. The number of hydrogen-bond donors (Lipinski definition) is 3. The number of esters is 2. The van der Waals surface area contributed by atoms with Gasteiger partial charge in [-0.05, 0) is 60.4 Å². The minimum absolute atomic E-state index is 0.109. The zero-order valence-electron chi connectivity index (χ0n) is 34.6. The Bertz CT molecular complexity index is 2510. The summed E-state index contributed by atoms with van der Waals surface area (Å²) < 4.78 is 50.3. The first-order valence-corrected chi connectivity index (χ1v) is 21.1. The molecule has 0 amide bonds. The summed E-state index contributed by atoms with van der Waals surface area (Å²) in [5.41, 5.74) is 5.37. The van der Waals surface area contributed by atoms with Gasteiger partial charge < -0.3 is 39.5 Å². The van der Waals surface area contributed by atoms with Gasteiger partial charge in [0.15, 0.2) is 0 Å². The second kappa shape index (κ2) is 19.8. The second-order valence-electron chi connectivity index (χ2n) is 14.9. The highest BCUT2D eigenvalue weighted by Crippen LogP contribution is 2.41. The summed E-state index contributed by atoms with van der Waals surface area (Å²) in [6, 6.07) is 25.7. The molecule has 2 aromatic heterocycles. The van der Waals surface area contributed by atoms with E-state index in [0.717, 1.165) is 21.3 Å². The fourth-order valence-electron chi connectivity index (χ4n) is 7.36. The molecule has 0 spiro atoms. The molecule has 0 aliphatic carbocycles. The van der Waals surface area contributed by atoms with Gasteiger partial charge >= 0.3 is 23.3 Å². The summed E-state index contributed by atoms with van der Waals surface area (Å²) in [5, 5.41) is 3.59. The van der Waals surface area contributed by atoms with Gasteiger partial charge in [-0.3, -0.25) is 28.5 Å². The number of nitrogens with zero attached hydrogens (tertiary/aromatic N) is 3. The lowest BCUT2D eigenvalue weighted by atomic mass is 9.77. The molecule has 2 aliphatic heterocycles. The number of rotatable bonds is 17. The molecule has 0 bridgehead atoms. The molecule has 4 N–H and O–H groups in total.